The van der Waals surface area contributed by atoms with Crippen LogP contribution in [0.4, 0.5) is 0 Å². The lowest BCUT2D eigenvalue weighted by molar-refractivity contribution is -0.135. The molecule has 0 spiro atoms. The van der Waals surface area contributed by atoms with E-state index in [9.17, 15) is 4.79 Å². The highest BCUT2D eigenvalue weighted by Crippen LogP contribution is 2.35. The summed E-state index contributed by atoms with van der Waals surface area (Å²) in [5.74, 6) is -0.0144. The second kappa shape index (κ2) is 6.12. The van der Waals surface area contributed by atoms with Gasteiger partial charge >= 0.3 is 0 Å². The molecule has 1 aliphatic rings. The van der Waals surface area contributed by atoms with Crippen molar-refractivity contribution in [1.82, 2.24) is 4.90 Å². The smallest absolute Gasteiger partial charge is 0.227 e. The zero-order valence-corrected chi connectivity index (χ0v) is 12.4. The number of hydrogen-bond donors (Lipinski definition) is 1. The first-order valence-corrected chi connectivity index (χ1v) is 7.25. The predicted molar refractivity (Wildman–Crippen MR) is 78.4 cm³/mol. The van der Waals surface area contributed by atoms with Crippen molar-refractivity contribution < 1.29 is 4.79 Å². The summed E-state index contributed by atoms with van der Waals surface area (Å²) in [7, 11) is 0. The van der Waals surface area contributed by atoms with Gasteiger partial charge in [0.1, 0.15) is 0 Å². The van der Waals surface area contributed by atoms with Gasteiger partial charge in [0.2, 0.25) is 5.91 Å². The van der Waals surface area contributed by atoms with Crippen LogP contribution in [-0.4, -0.2) is 23.9 Å². The van der Waals surface area contributed by atoms with Gasteiger partial charge in [-0.05, 0) is 30.5 Å². The molecule has 0 aromatic heterocycles. The van der Waals surface area contributed by atoms with E-state index in [4.69, 9.17) is 28.9 Å². The largest absolute Gasteiger partial charge is 0.335 e. The third-order valence-corrected chi connectivity index (χ3v) is 4.38. The van der Waals surface area contributed by atoms with Crippen LogP contribution >= 0.6 is 23.2 Å². The first-order chi connectivity index (χ1) is 9.04. The summed E-state index contributed by atoms with van der Waals surface area (Å²) < 4.78 is 0. The summed E-state index contributed by atoms with van der Waals surface area (Å²) in [5, 5.41) is 1.07. The molecule has 0 aliphatic carbocycles. The molecular formula is C14H18Cl2N2O. The molecule has 5 heteroatoms. The first-order valence-electron chi connectivity index (χ1n) is 6.50. The molecule has 1 heterocycles. The van der Waals surface area contributed by atoms with E-state index in [1.807, 2.05) is 24.0 Å². The minimum absolute atomic E-state index is 0.0938. The van der Waals surface area contributed by atoms with Gasteiger partial charge in [-0.15, -0.1) is 0 Å². The van der Waals surface area contributed by atoms with E-state index in [1.54, 1.807) is 6.07 Å². The molecule has 0 radical (unpaired) electrons. The maximum Gasteiger partial charge on any atom is 0.227 e. The molecule has 1 saturated heterocycles. The van der Waals surface area contributed by atoms with Gasteiger partial charge in [-0.2, -0.15) is 0 Å². The van der Waals surface area contributed by atoms with Crippen LogP contribution < -0.4 is 5.73 Å². The van der Waals surface area contributed by atoms with E-state index >= 15 is 0 Å². The summed E-state index contributed by atoms with van der Waals surface area (Å²) in [4.78, 5) is 14.2. The monoisotopic (exact) mass is 300 g/mol. The lowest BCUT2D eigenvalue weighted by atomic mass is 10.0. The van der Waals surface area contributed by atoms with Crippen molar-refractivity contribution in [3.05, 3.63) is 33.8 Å². The molecule has 104 valence electrons. The zero-order valence-electron chi connectivity index (χ0n) is 10.9. The van der Waals surface area contributed by atoms with E-state index < -0.39 is 0 Å². The molecule has 1 aromatic rings. The van der Waals surface area contributed by atoms with Gasteiger partial charge in [-0.25, -0.2) is 0 Å². The van der Waals surface area contributed by atoms with E-state index in [-0.39, 0.29) is 17.9 Å². The molecule has 1 aliphatic heterocycles. The lowest BCUT2D eigenvalue weighted by Gasteiger charge is -2.27. The predicted octanol–water partition coefficient (Wildman–Crippen LogP) is 3.25. The lowest BCUT2D eigenvalue weighted by Crippen LogP contribution is -2.37. The van der Waals surface area contributed by atoms with Crippen molar-refractivity contribution in [2.75, 3.05) is 13.1 Å². The average molecular weight is 301 g/mol. The van der Waals surface area contributed by atoms with Crippen LogP contribution in [0.25, 0.3) is 0 Å². The number of carbonyl (C=O) groups excluding carboxylic acids is 1. The quantitative estimate of drug-likeness (QED) is 0.931. The highest BCUT2D eigenvalue weighted by Gasteiger charge is 2.32. The number of benzene rings is 1. The summed E-state index contributed by atoms with van der Waals surface area (Å²) in [5.41, 5.74) is 6.63. The summed E-state index contributed by atoms with van der Waals surface area (Å²) in [6.07, 6.45) is 1.97. The summed E-state index contributed by atoms with van der Waals surface area (Å²) >= 11 is 12.0. The number of carbonyl (C=O) groups is 1. The Labute approximate surface area is 123 Å². The standard InChI is InChI=1S/C14H18Cl2N2O/c1-9(8-17)14(19)18-6-2-3-13(18)10-4-5-11(15)12(16)7-10/h4-5,7,9,13H,2-3,6,8,17H2,1H3. The molecule has 1 aromatic carbocycles. The van der Waals surface area contributed by atoms with Crippen molar-refractivity contribution in [1.29, 1.82) is 0 Å². The molecule has 19 heavy (non-hydrogen) atoms. The van der Waals surface area contributed by atoms with Crippen LogP contribution in [0.15, 0.2) is 18.2 Å². The van der Waals surface area contributed by atoms with E-state index in [0.717, 1.165) is 24.9 Å². The molecule has 2 atom stereocenters. The number of likely N-dealkylation sites (tertiary alicyclic amines) is 1. The molecule has 1 amide bonds. The third kappa shape index (κ3) is 3.04. The normalized spacial score (nSPS) is 20.6. The van der Waals surface area contributed by atoms with Gasteiger partial charge in [0.25, 0.3) is 0 Å². The summed E-state index contributed by atoms with van der Waals surface area (Å²) in [6, 6.07) is 5.67. The van der Waals surface area contributed by atoms with Gasteiger partial charge in [0.05, 0.1) is 16.1 Å². The fourth-order valence-corrected chi connectivity index (χ4v) is 2.79. The number of rotatable bonds is 3. The number of nitrogens with zero attached hydrogens (tertiary/aromatic N) is 1. The Bertz CT molecular complexity index is 479. The van der Waals surface area contributed by atoms with Crippen LogP contribution in [0.1, 0.15) is 31.4 Å². The van der Waals surface area contributed by atoms with Gasteiger partial charge in [-0.1, -0.05) is 36.2 Å². The molecule has 1 fully saturated rings. The molecule has 0 saturated carbocycles. The Morgan fingerprint density at radius 3 is 2.84 bits per heavy atom. The number of hydrogen-bond acceptors (Lipinski definition) is 2. The maximum absolute atomic E-state index is 12.3. The van der Waals surface area contributed by atoms with Crippen molar-refractivity contribution in [2.45, 2.75) is 25.8 Å². The van der Waals surface area contributed by atoms with E-state index in [0.29, 0.717) is 16.6 Å². The van der Waals surface area contributed by atoms with Crippen LogP contribution in [0.5, 0.6) is 0 Å². The highest BCUT2D eigenvalue weighted by atomic mass is 35.5. The van der Waals surface area contributed by atoms with Crippen LogP contribution in [0, 0.1) is 5.92 Å². The number of amides is 1. The average Bonchev–Trinajstić information content (AvgIpc) is 2.89. The highest BCUT2D eigenvalue weighted by molar-refractivity contribution is 6.42. The second-order valence-electron chi connectivity index (χ2n) is 5.00. The van der Waals surface area contributed by atoms with Crippen LogP contribution in [0.2, 0.25) is 10.0 Å². The fraction of sp³-hybridized carbons (Fsp3) is 0.500. The van der Waals surface area contributed by atoms with Gasteiger partial charge in [0.15, 0.2) is 0 Å². The van der Waals surface area contributed by atoms with E-state index in [1.165, 1.54) is 0 Å². The minimum atomic E-state index is -0.136. The van der Waals surface area contributed by atoms with Gasteiger partial charge in [-0.3, -0.25) is 4.79 Å². The van der Waals surface area contributed by atoms with Crippen molar-refractivity contribution in [3.63, 3.8) is 0 Å². The van der Waals surface area contributed by atoms with Crippen molar-refractivity contribution >= 4 is 29.1 Å². The Balaban J connectivity index is 2.23. The van der Waals surface area contributed by atoms with E-state index in [2.05, 4.69) is 0 Å². The Kier molecular flexibility index (Phi) is 4.71. The van der Waals surface area contributed by atoms with Crippen LogP contribution in [-0.2, 0) is 4.79 Å². The molecule has 2 N–H and O–H groups in total. The molecular weight excluding hydrogens is 283 g/mol. The topological polar surface area (TPSA) is 46.3 Å². The Morgan fingerprint density at radius 2 is 2.21 bits per heavy atom. The minimum Gasteiger partial charge on any atom is -0.335 e. The Morgan fingerprint density at radius 1 is 1.47 bits per heavy atom. The zero-order chi connectivity index (χ0) is 14.0. The van der Waals surface area contributed by atoms with Gasteiger partial charge in [0, 0.05) is 19.0 Å². The molecule has 2 unspecified atom stereocenters. The van der Waals surface area contributed by atoms with Gasteiger partial charge < -0.3 is 10.6 Å². The second-order valence-corrected chi connectivity index (χ2v) is 5.81. The summed E-state index contributed by atoms with van der Waals surface area (Å²) in [6.45, 7) is 3.03. The molecule has 3 nitrogen and oxygen atoms in total. The fourth-order valence-electron chi connectivity index (χ4n) is 2.48. The third-order valence-electron chi connectivity index (χ3n) is 3.64. The SMILES string of the molecule is CC(CN)C(=O)N1CCCC1c1ccc(Cl)c(Cl)c1. The number of halogens is 2. The van der Waals surface area contributed by atoms with Crippen molar-refractivity contribution in [3.8, 4) is 0 Å². The first kappa shape index (κ1) is 14.6. The Hall–Kier alpha value is -0.770. The molecule has 0 bridgehead atoms. The molecule has 2 rings (SSSR count). The number of nitrogens with two attached hydrogens (primary N) is 1. The maximum atomic E-state index is 12.3. The van der Waals surface area contributed by atoms with Crippen molar-refractivity contribution in [2.24, 2.45) is 11.7 Å². The van der Waals surface area contributed by atoms with Crippen LogP contribution in [0.3, 0.4) is 0 Å².